The summed E-state index contributed by atoms with van der Waals surface area (Å²) in [6.07, 6.45) is 4.58. The molecule has 0 aliphatic heterocycles. The van der Waals surface area contributed by atoms with Gasteiger partial charge in [-0.1, -0.05) is 19.9 Å². The van der Waals surface area contributed by atoms with E-state index in [-0.39, 0.29) is 0 Å². The molecular formula is C14H22N2. The minimum Gasteiger partial charge on any atom is -0.310 e. The van der Waals surface area contributed by atoms with Crippen LogP contribution in [0.15, 0.2) is 18.3 Å². The van der Waals surface area contributed by atoms with Crippen molar-refractivity contribution in [3.8, 4) is 0 Å². The molecule has 1 aromatic heterocycles. The van der Waals surface area contributed by atoms with Crippen LogP contribution in [0.1, 0.15) is 44.0 Å². The Bertz CT molecular complexity index is 331. The summed E-state index contributed by atoms with van der Waals surface area (Å²) >= 11 is 0. The van der Waals surface area contributed by atoms with Gasteiger partial charge in [0.2, 0.25) is 0 Å². The van der Waals surface area contributed by atoms with E-state index in [4.69, 9.17) is 0 Å². The van der Waals surface area contributed by atoms with Gasteiger partial charge in [0.05, 0.1) is 0 Å². The van der Waals surface area contributed by atoms with Gasteiger partial charge >= 0.3 is 0 Å². The summed E-state index contributed by atoms with van der Waals surface area (Å²) in [6, 6.07) is 4.85. The molecule has 16 heavy (non-hydrogen) atoms. The third kappa shape index (κ3) is 2.62. The highest BCUT2D eigenvalue weighted by Gasteiger charge is 2.39. The van der Waals surface area contributed by atoms with E-state index in [0.29, 0.717) is 6.04 Å². The minimum absolute atomic E-state index is 0.517. The van der Waals surface area contributed by atoms with Crippen molar-refractivity contribution < 1.29 is 0 Å². The molecule has 3 atom stereocenters. The van der Waals surface area contributed by atoms with E-state index >= 15 is 0 Å². The molecule has 0 saturated heterocycles. The number of hydrogen-bond acceptors (Lipinski definition) is 2. The van der Waals surface area contributed by atoms with Gasteiger partial charge in [-0.3, -0.25) is 4.98 Å². The number of aryl methyl sites for hydroxylation is 1. The topological polar surface area (TPSA) is 24.9 Å². The van der Waals surface area contributed by atoms with Crippen LogP contribution >= 0.6 is 0 Å². The standard InChI is InChI=1S/C14H22N2/c1-4-7-15-14(13-8-10(13)2)12-6-5-11(3)16-9-12/h5-6,9-10,13-15H,4,7-8H2,1-3H3. The fourth-order valence-corrected chi connectivity index (χ4v) is 2.29. The van der Waals surface area contributed by atoms with E-state index in [1.807, 2.05) is 13.1 Å². The molecule has 2 heteroatoms. The Balaban J connectivity index is 2.08. The van der Waals surface area contributed by atoms with E-state index in [0.717, 1.165) is 24.1 Å². The molecule has 1 aliphatic rings. The van der Waals surface area contributed by atoms with Crippen molar-refractivity contribution in [2.24, 2.45) is 11.8 Å². The number of pyridine rings is 1. The number of nitrogens with zero attached hydrogens (tertiary/aromatic N) is 1. The average molecular weight is 218 g/mol. The first-order valence-corrected chi connectivity index (χ1v) is 6.38. The summed E-state index contributed by atoms with van der Waals surface area (Å²) in [5.41, 5.74) is 2.45. The summed E-state index contributed by atoms with van der Waals surface area (Å²) in [4.78, 5) is 4.40. The van der Waals surface area contributed by atoms with Gasteiger partial charge in [0.1, 0.15) is 0 Å². The van der Waals surface area contributed by atoms with Crippen LogP contribution in [0.25, 0.3) is 0 Å². The van der Waals surface area contributed by atoms with Crippen LogP contribution in [0.3, 0.4) is 0 Å². The van der Waals surface area contributed by atoms with Crippen LogP contribution in [-0.2, 0) is 0 Å². The maximum absolute atomic E-state index is 4.40. The molecule has 1 N–H and O–H groups in total. The van der Waals surface area contributed by atoms with E-state index in [2.05, 4.69) is 36.3 Å². The predicted molar refractivity (Wildman–Crippen MR) is 67.3 cm³/mol. The Hall–Kier alpha value is -0.890. The van der Waals surface area contributed by atoms with Crippen molar-refractivity contribution in [3.63, 3.8) is 0 Å². The lowest BCUT2D eigenvalue weighted by molar-refractivity contribution is 0.462. The van der Waals surface area contributed by atoms with Crippen molar-refractivity contribution in [3.05, 3.63) is 29.6 Å². The molecular weight excluding hydrogens is 196 g/mol. The lowest BCUT2D eigenvalue weighted by Gasteiger charge is -2.18. The summed E-state index contributed by atoms with van der Waals surface area (Å²) < 4.78 is 0. The zero-order chi connectivity index (χ0) is 11.5. The summed E-state index contributed by atoms with van der Waals surface area (Å²) in [6.45, 7) is 7.69. The minimum atomic E-state index is 0.517. The van der Waals surface area contributed by atoms with E-state index in [9.17, 15) is 0 Å². The Morgan fingerprint density at radius 3 is 2.75 bits per heavy atom. The van der Waals surface area contributed by atoms with Gasteiger partial charge in [-0.15, -0.1) is 0 Å². The summed E-state index contributed by atoms with van der Waals surface area (Å²) in [5.74, 6) is 1.69. The van der Waals surface area contributed by atoms with Gasteiger partial charge in [-0.25, -0.2) is 0 Å². The van der Waals surface area contributed by atoms with Gasteiger partial charge in [0.25, 0.3) is 0 Å². The zero-order valence-electron chi connectivity index (χ0n) is 10.5. The molecule has 1 heterocycles. The highest BCUT2D eigenvalue weighted by atomic mass is 14.9. The fraction of sp³-hybridized carbons (Fsp3) is 0.643. The molecule has 0 radical (unpaired) electrons. The first kappa shape index (κ1) is 11.6. The van der Waals surface area contributed by atoms with Gasteiger partial charge in [-0.2, -0.15) is 0 Å². The van der Waals surface area contributed by atoms with Gasteiger partial charge in [0, 0.05) is 17.9 Å². The monoisotopic (exact) mass is 218 g/mol. The molecule has 1 aliphatic carbocycles. The van der Waals surface area contributed by atoms with Crippen molar-refractivity contribution in [2.45, 2.75) is 39.7 Å². The molecule has 0 aromatic carbocycles. The second-order valence-corrected chi connectivity index (χ2v) is 5.04. The number of rotatable bonds is 5. The molecule has 3 unspecified atom stereocenters. The van der Waals surface area contributed by atoms with Crippen LogP contribution < -0.4 is 5.32 Å². The molecule has 0 amide bonds. The SMILES string of the molecule is CCCNC(c1ccc(C)nc1)C1CC1C. The lowest BCUT2D eigenvalue weighted by Crippen LogP contribution is -2.24. The molecule has 2 rings (SSSR count). The molecule has 1 saturated carbocycles. The number of hydrogen-bond donors (Lipinski definition) is 1. The second-order valence-electron chi connectivity index (χ2n) is 5.04. The van der Waals surface area contributed by atoms with E-state index < -0.39 is 0 Å². The van der Waals surface area contributed by atoms with Gasteiger partial charge < -0.3 is 5.32 Å². The zero-order valence-corrected chi connectivity index (χ0v) is 10.5. The second kappa shape index (κ2) is 4.96. The van der Waals surface area contributed by atoms with Crippen LogP contribution in [-0.4, -0.2) is 11.5 Å². The normalized spacial score (nSPS) is 25.4. The third-order valence-corrected chi connectivity index (χ3v) is 3.51. The molecule has 1 aromatic rings. The van der Waals surface area contributed by atoms with Crippen molar-refractivity contribution in [1.29, 1.82) is 0 Å². The maximum atomic E-state index is 4.40. The first-order valence-electron chi connectivity index (χ1n) is 6.38. The Labute approximate surface area is 98.5 Å². The Morgan fingerprint density at radius 1 is 1.50 bits per heavy atom. The van der Waals surface area contributed by atoms with Crippen molar-refractivity contribution >= 4 is 0 Å². The maximum Gasteiger partial charge on any atom is 0.0372 e. The molecule has 88 valence electrons. The predicted octanol–water partition coefficient (Wildman–Crippen LogP) is 3.09. The van der Waals surface area contributed by atoms with Crippen LogP contribution in [0.2, 0.25) is 0 Å². The number of nitrogens with one attached hydrogen (secondary N) is 1. The van der Waals surface area contributed by atoms with Crippen molar-refractivity contribution in [1.82, 2.24) is 10.3 Å². The lowest BCUT2D eigenvalue weighted by atomic mass is 10.0. The van der Waals surface area contributed by atoms with Crippen LogP contribution in [0.5, 0.6) is 0 Å². The van der Waals surface area contributed by atoms with Gasteiger partial charge in [-0.05, 0) is 49.8 Å². The highest BCUT2D eigenvalue weighted by Crippen LogP contribution is 2.46. The quantitative estimate of drug-likeness (QED) is 0.821. The van der Waals surface area contributed by atoms with Gasteiger partial charge in [0.15, 0.2) is 0 Å². The Kier molecular flexibility index (Phi) is 3.59. The Morgan fingerprint density at radius 2 is 2.25 bits per heavy atom. The molecule has 1 fully saturated rings. The highest BCUT2D eigenvalue weighted by molar-refractivity contribution is 5.20. The van der Waals surface area contributed by atoms with Crippen LogP contribution in [0, 0.1) is 18.8 Å². The average Bonchev–Trinajstić information content (AvgIpc) is 2.99. The molecule has 0 spiro atoms. The molecule has 0 bridgehead atoms. The summed E-state index contributed by atoms with van der Waals surface area (Å²) in [5, 5.41) is 3.66. The fourth-order valence-electron chi connectivity index (χ4n) is 2.29. The van der Waals surface area contributed by atoms with Crippen molar-refractivity contribution in [2.75, 3.05) is 6.54 Å². The first-order chi connectivity index (χ1) is 7.72. The van der Waals surface area contributed by atoms with Crippen LogP contribution in [0.4, 0.5) is 0 Å². The molecule has 2 nitrogen and oxygen atoms in total. The van der Waals surface area contributed by atoms with E-state index in [1.54, 1.807) is 0 Å². The smallest absolute Gasteiger partial charge is 0.0372 e. The number of aromatic nitrogens is 1. The largest absolute Gasteiger partial charge is 0.310 e. The third-order valence-electron chi connectivity index (χ3n) is 3.51. The summed E-state index contributed by atoms with van der Waals surface area (Å²) in [7, 11) is 0. The van der Waals surface area contributed by atoms with E-state index in [1.165, 1.54) is 18.4 Å².